The van der Waals surface area contributed by atoms with Crippen molar-refractivity contribution in [2.45, 2.75) is 133 Å². The second kappa shape index (κ2) is 19.9. The van der Waals surface area contributed by atoms with Gasteiger partial charge in [0.25, 0.3) is 0 Å². The van der Waals surface area contributed by atoms with E-state index in [9.17, 15) is 18.0 Å². The fourth-order valence-corrected chi connectivity index (χ4v) is 7.08. The van der Waals surface area contributed by atoms with Gasteiger partial charge in [0.15, 0.2) is 18.9 Å². The highest BCUT2D eigenvalue weighted by atomic mass is 19.4. The van der Waals surface area contributed by atoms with E-state index in [1.807, 2.05) is 12.2 Å². The van der Waals surface area contributed by atoms with Crippen LogP contribution in [-0.2, 0) is 39.4 Å². The van der Waals surface area contributed by atoms with Crippen molar-refractivity contribution in [1.29, 1.82) is 0 Å². The number of benzene rings is 1. The maximum absolute atomic E-state index is 13.4. The standard InChI is InChI=1S/C38H53F3O9/c39-38(40,41)27-12-11-13-28(24-27)47-26-29(48-35-16-5-8-21-44-35)19-20-31-30(14-3-1-2-4-15-34(42)43)32(49-36-17-6-9-22-45-36)25-33(31)50-37-18-7-10-23-46-37/h1,3,11-13,19-20,24,29-33,35-37H,2,4-10,14-18,21-23,25-26H2,(H,42,43)/t29-,30-,31-,32+,33-,35?,36?,37?/m1/s1. The van der Waals surface area contributed by atoms with Crippen molar-refractivity contribution >= 4 is 5.97 Å². The Morgan fingerprint density at radius 3 is 2.18 bits per heavy atom. The maximum atomic E-state index is 13.4. The van der Waals surface area contributed by atoms with Gasteiger partial charge >= 0.3 is 12.1 Å². The van der Waals surface area contributed by atoms with Crippen molar-refractivity contribution in [3.8, 4) is 5.75 Å². The molecule has 50 heavy (non-hydrogen) atoms. The lowest BCUT2D eigenvalue weighted by Crippen LogP contribution is -2.32. The van der Waals surface area contributed by atoms with Crippen molar-refractivity contribution < 1.29 is 56.2 Å². The van der Waals surface area contributed by atoms with E-state index in [1.165, 1.54) is 12.1 Å². The first-order valence-corrected chi connectivity index (χ1v) is 18.4. The largest absolute Gasteiger partial charge is 0.491 e. The summed E-state index contributed by atoms with van der Waals surface area (Å²) in [6, 6.07) is 4.85. The molecule has 9 nitrogen and oxygen atoms in total. The van der Waals surface area contributed by atoms with E-state index >= 15 is 0 Å². The Hall–Kier alpha value is -2.48. The zero-order valence-corrected chi connectivity index (χ0v) is 28.8. The minimum Gasteiger partial charge on any atom is -0.491 e. The van der Waals surface area contributed by atoms with Crippen LogP contribution in [0.5, 0.6) is 5.75 Å². The highest BCUT2D eigenvalue weighted by Gasteiger charge is 2.45. The molecule has 4 fully saturated rings. The summed E-state index contributed by atoms with van der Waals surface area (Å²) in [6.45, 7) is 1.89. The van der Waals surface area contributed by atoms with Crippen LogP contribution >= 0.6 is 0 Å². The molecule has 1 aromatic rings. The lowest BCUT2D eigenvalue weighted by atomic mass is 9.89. The molecule has 3 saturated heterocycles. The van der Waals surface area contributed by atoms with Crippen LogP contribution in [-0.4, -0.2) is 74.7 Å². The zero-order valence-electron chi connectivity index (χ0n) is 28.8. The third-order valence-corrected chi connectivity index (χ3v) is 9.72. The normalized spacial score (nSPS) is 30.2. The van der Waals surface area contributed by atoms with E-state index in [1.54, 1.807) is 0 Å². The molecule has 0 amide bonds. The van der Waals surface area contributed by atoms with Gasteiger partial charge in [-0.05, 0) is 101 Å². The van der Waals surface area contributed by atoms with Crippen LogP contribution in [0.4, 0.5) is 13.2 Å². The fraction of sp³-hybridized carbons (Fsp3) is 0.711. The fourth-order valence-electron chi connectivity index (χ4n) is 7.08. The van der Waals surface area contributed by atoms with E-state index < -0.39 is 30.1 Å². The van der Waals surface area contributed by atoms with E-state index in [0.717, 1.165) is 63.5 Å². The number of ether oxygens (including phenoxy) is 7. The molecule has 3 heterocycles. The summed E-state index contributed by atoms with van der Waals surface area (Å²) in [5.74, 6) is -0.797. The van der Waals surface area contributed by atoms with Crippen molar-refractivity contribution in [2.24, 2.45) is 11.8 Å². The minimum atomic E-state index is -4.48. The van der Waals surface area contributed by atoms with Crippen LogP contribution < -0.4 is 4.74 Å². The Bertz CT molecular complexity index is 1210. The van der Waals surface area contributed by atoms with Crippen molar-refractivity contribution in [2.75, 3.05) is 26.4 Å². The van der Waals surface area contributed by atoms with Gasteiger partial charge in [0.05, 0.1) is 17.8 Å². The minimum absolute atomic E-state index is 0.00829. The number of halogens is 3. The van der Waals surface area contributed by atoms with Gasteiger partial charge in [-0.25, -0.2) is 0 Å². The third-order valence-electron chi connectivity index (χ3n) is 9.72. The van der Waals surface area contributed by atoms with Crippen LogP contribution in [0.2, 0.25) is 0 Å². The molecule has 0 spiro atoms. The molecule has 0 radical (unpaired) electrons. The van der Waals surface area contributed by atoms with Gasteiger partial charge in [0.2, 0.25) is 0 Å². The Morgan fingerprint density at radius 2 is 1.56 bits per heavy atom. The average molecular weight is 711 g/mol. The molecule has 8 atom stereocenters. The SMILES string of the molecule is O=C(O)CCCC=CC[C@@H]1[C@@H](C=C[C@H](COc2cccc(C(F)(F)F)c2)OC2CCCCO2)[C@H](OC2CCCCO2)C[C@@H]1OC1CCCCO1. The smallest absolute Gasteiger partial charge is 0.416 e. The van der Waals surface area contributed by atoms with Crippen molar-refractivity contribution in [3.63, 3.8) is 0 Å². The van der Waals surface area contributed by atoms with Crippen LogP contribution in [0.15, 0.2) is 48.6 Å². The molecule has 1 aliphatic carbocycles. The topological polar surface area (TPSA) is 102 Å². The summed E-state index contributed by atoms with van der Waals surface area (Å²) >= 11 is 0. The second-order valence-electron chi connectivity index (χ2n) is 13.6. The number of carboxylic acids is 1. The lowest BCUT2D eigenvalue weighted by molar-refractivity contribution is -0.203. The van der Waals surface area contributed by atoms with Crippen LogP contribution in [0.1, 0.15) is 95.5 Å². The van der Waals surface area contributed by atoms with E-state index in [2.05, 4.69) is 12.2 Å². The number of hydrogen-bond donors (Lipinski definition) is 1. The van der Waals surface area contributed by atoms with Gasteiger partial charge in [-0.3, -0.25) is 4.79 Å². The van der Waals surface area contributed by atoms with E-state index in [-0.39, 0.29) is 55.4 Å². The third kappa shape index (κ3) is 12.6. The highest BCUT2D eigenvalue weighted by Crippen LogP contribution is 2.42. The lowest BCUT2D eigenvalue weighted by Gasteiger charge is -2.30. The Labute approximate surface area is 293 Å². The van der Waals surface area contributed by atoms with E-state index in [4.69, 9.17) is 38.3 Å². The summed E-state index contributed by atoms with van der Waals surface area (Å²) < 4.78 is 83.6. The number of unbranched alkanes of at least 4 members (excludes halogenated alkanes) is 1. The molecular weight excluding hydrogens is 657 g/mol. The van der Waals surface area contributed by atoms with E-state index in [0.29, 0.717) is 51.9 Å². The summed E-state index contributed by atoms with van der Waals surface area (Å²) in [6.07, 6.45) is 12.7. The molecular formula is C38H53F3O9. The first-order chi connectivity index (χ1) is 24.2. The Kier molecular flexibility index (Phi) is 15.5. The summed E-state index contributed by atoms with van der Waals surface area (Å²) in [5, 5.41) is 9.03. The molecule has 1 saturated carbocycles. The van der Waals surface area contributed by atoms with Gasteiger partial charge < -0.3 is 38.3 Å². The number of carbonyl (C=O) groups is 1. The first kappa shape index (κ1) is 38.7. The summed E-state index contributed by atoms with van der Waals surface area (Å²) in [4.78, 5) is 11.0. The number of aliphatic carboxylic acids is 1. The number of rotatable bonds is 17. The quantitative estimate of drug-likeness (QED) is 0.127. The number of carboxylic acid groups (broad SMARTS) is 1. The molecule has 280 valence electrons. The van der Waals surface area contributed by atoms with Gasteiger partial charge in [0.1, 0.15) is 18.5 Å². The maximum Gasteiger partial charge on any atom is 0.416 e. The van der Waals surface area contributed by atoms with Crippen LogP contribution in [0.25, 0.3) is 0 Å². The van der Waals surface area contributed by atoms with Crippen LogP contribution in [0.3, 0.4) is 0 Å². The molecule has 3 unspecified atom stereocenters. The Morgan fingerprint density at radius 1 is 0.900 bits per heavy atom. The molecule has 4 aliphatic rings. The molecule has 12 heteroatoms. The predicted molar refractivity (Wildman–Crippen MR) is 178 cm³/mol. The number of alkyl halides is 3. The molecule has 5 rings (SSSR count). The monoisotopic (exact) mass is 710 g/mol. The van der Waals surface area contributed by atoms with Gasteiger partial charge in [-0.2, -0.15) is 13.2 Å². The van der Waals surface area contributed by atoms with Gasteiger partial charge in [-0.15, -0.1) is 0 Å². The van der Waals surface area contributed by atoms with Gasteiger partial charge in [-0.1, -0.05) is 30.4 Å². The summed E-state index contributed by atoms with van der Waals surface area (Å²) in [5.41, 5.74) is -0.777. The zero-order chi connectivity index (χ0) is 35.2. The van der Waals surface area contributed by atoms with Crippen LogP contribution in [0, 0.1) is 11.8 Å². The van der Waals surface area contributed by atoms with Crippen molar-refractivity contribution in [1.82, 2.24) is 0 Å². The number of hydrogen-bond acceptors (Lipinski definition) is 8. The summed E-state index contributed by atoms with van der Waals surface area (Å²) in [7, 11) is 0. The molecule has 0 bridgehead atoms. The second-order valence-corrected chi connectivity index (χ2v) is 13.6. The number of allylic oxidation sites excluding steroid dienone is 2. The predicted octanol–water partition coefficient (Wildman–Crippen LogP) is 8.21. The Balaban J connectivity index is 1.36. The average Bonchev–Trinajstić information content (AvgIpc) is 3.42. The molecule has 1 aromatic carbocycles. The van der Waals surface area contributed by atoms with Gasteiger partial charge in [0, 0.05) is 38.6 Å². The van der Waals surface area contributed by atoms with Crippen molar-refractivity contribution in [3.05, 3.63) is 54.1 Å². The first-order valence-electron chi connectivity index (χ1n) is 18.4. The molecule has 0 aromatic heterocycles. The highest BCUT2D eigenvalue weighted by molar-refractivity contribution is 5.66. The molecule has 1 N–H and O–H groups in total. The molecule has 3 aliphatic heterocycles.